The van der Waals surface area contributed by atoms with Gasteiger partial charge in [0.25, 0.3) is 0 Å². The summed E-state index contributed by atoms with van der Waals surface area (Å²) in [5, 5.41) is 0. The van der Waals surface area contributed by atoms with E-state index in [-0.39, 0.29) is 16.7 Å². The Morgan fingerprint density at radius 2 is 1.48 bits per heavy atom. The molecule has 0 spiro atoms. The lowest BCUT2D eigenvalue weighted by Crippen LogP contribution is -2.28. The summed E-state index contributed by atoms with van der Waals surface area (Å²) < 4.78 is 62.5. The number of benzene rings is 2. The first-order valence-corrected chi connectivity index (χ1v) is 7.97. The fourth-order valence-electron chi connectivity index (χ4n) is 1.82. The highest BCUT2D eigenvalue weighted by Crippen LogP contribution is 2.27. The molecule has 6 nitrogen and oxygen atoms in total. The van der Waals surface area contributed by atoms with E-state index in [1.165, 1.54) is 24.3 Å². The summed E-state index contributed by atoms with van der Waals surface area (Å²) in [6.07, 6.45) is 0. The SMILES string of the molecule is NC(=O)c1cccc(C(=O)c2ccc(OS(=O)(=O)C(F)(F)F)cc2)c1. The molecular formula is C15H10F3NO5S. The maximum Gasteiger partial charge on any atom is 0.534 e. The number of halogens is 3. The van der Waals surface area contributed by atoms with Gasteiger partial charge in [0.1, 0.15) is 5.75 Å². The van der Waals surface area contributed by atoms with Gasteiger partial charge in [-0.2, -0.15) is 21.6 Å². The van der Waals surface area contributed by atoms with Crippen LogP contribution in [0.5, 0.6) is 5.75 Å². The average molecular weight is 373 g/mol. The first-order chi connectivity index (χ1) is 11.5. The monoisotopic (exact) mass is 373 g/mol. The largest absolute Gasteiger partial charge is 0.534 e. The first-order valence-electron chi connectivity index (χ1n) is 6.56. The molecule has 1 amide bonds. The summed E-state index contributed by atoms with van der Waals surface area (Å²) in [6.45, 7) is 0. The molecule has 2 N–H and O–H groups in total. The second-order valence-corrected chi connectivity index (χ2v) is 6.32. The molecule has 0 aromatic heterocycles. The summed E-state index contributed by atoms with van der Waals surface area (Å²) >= 11 is 0. The van der Waals surface area contributed by atoms with E-state index < -0.39 is 33.1 Å². The van der Waals surface area contributed by atoms with Crippen molar-refractivity contribution in [2.75, 3.05) is 0 Å². The molecule has 0 heterocycles. The molecule has 25 heavy (non-hydrogen) atoms. The maximum absolute atomic E-state index is 12.3. The number of amides is 1. The van der Waals surface area contributed by atoms with Crippen LogP contribution in [-0.4, -0.2) is 25.6 Å². The van der Waals surface area contributed by atoms with Gasteiger partial charge in [-0.1, -0.05) is 12.1 Å². The van der Waals surface area contributed by atoms with Crippen LogP contribution in [0.2, 0.25) is 0 Å². The molecule has 2 aromatic rings. The van der Waals surface area contributed by atoms with Crippen LogP contribution in [0.15, 0.2) is 48.5 Å². The summed E-state index contributed by atoms with van der Waals surface area (Å²) in [4.78, 5) is 23.4. The summed E-state index contributed by atoms with van der Waals surface area (Å²) in [5.41, 5.74) is -0.140. The van der Waals surface area contributed by atoms with Crippen molar-refractivity contribution in [3.05, 3.63) is 65.2 Å². The number of ketones is 1. The van der Waals surface area contributed by atoms with Gasteiger partial charge >= 0.3 is 15.6 Å². The van der Waals surface area contributed by atoms with Gasteiger partial charge in [0.2, 0.25) is 5.91 Å². The Kier molecular flexibility index (Phi) is 4.84. The molecule has 2 rings (SSSR count). The molecule has 0 radical (unpaired) electrons. The fourth-order valence-corrected chi connectivity index (χ4v) is 2.28. The molecule has 10 heteroatoms. The second-order valence-electron chi connectivity index (χ2n) is 4.78. The van der Waals surface area contributed by atoms with E-state index in [1.807, 2.05) is 0 Å². The molecule has 0 saturated carbocycles. The number of hydrogen-bond acceptors (Lipinski definition) is 5. The van der Waals surface area contributed by atoms with Gasteiger partial charge in [0.05, 0.1) is 0 Å². The molecule has 0 bridgehead atoms. The number of primary amides is 1. The van der Waals surface area contributed by atoms with E-state index in [4.69, 9.17) is 5.73 Å². The van der Waals surface area contributed by atoms with Crippen molar-refractivity contribution in [3.63, 3.8) is 0 Å². The zero-order valence-electron chi connectivity index (χ0n) is 12.3. The third-order valence-corrected chi connectivity index (χ3v) is 3.99. The number of nitrogens with two attached hydrogens (primary N) is 1. The number of rotatable bonds is 5. The predicted molar refractivity (Wildman–Crippen MR) is 80.4 cm³/mol. The quantitative estimate of drug-likeness (QED) is 0.492. The minimum Gasteiger partial charge on any atom is -0.376 e. The van der Waals surface area contributed by atoms with Crippen molar-refractivity contribution in [2.45, 2.75) is 5.51 Å². The third kappa shape index (κ3) is 4.15. The third-order valence-electron chi connectivity index (χ3n) is 3.02. The lowest BCUT2D eigenvalue weighted by atomic mass is 10.0. The molecule has 0 aliphatic heterocycles. The van der Waals surface area contributed by atoms with Crippen LogP contribution in [0.3, 0.4) is 0 Å². The van der Waals surface area contributed by atoms with Gasteiger partial charge in [0, 0.05) is 16.7 Å². The molecule has 2 aromatic carbocycles. The second kappa shape index (κ2) is 6.55. The van der Waals surface area contributed by atoms with Crippen LogP contribution in [0.1, 0.15) is 26.3 Å². The lowest BCUT2D eigenvalue weighted by Gasteiger charge is -2.09. The first kappa shape index (κ1) is 18.5. The van der Waals surface area contributed by atoms with E-state index >= 15 is 0 Å². The van der Waals surface area contributed by atoms with E-state index in [0.717, 1.165) is 24.3 Å². The molecule has 0 unspecified atom stereocenters. The van der Waals surface area contributed by atoms with Gasteiger partial charge in [0.15, 0.2) is 5.78 Å². The lowest BCUT2D eigenvalue weighted by molar-refractivity contribution is -0.0500. The van der Waals surface area contributed by atoms with Crippen LogP contribution >= 0.6 is 0 Å². The molecule has 0 aliphatic rings. The number of carbonyl (C=O) groups excluding carboxylic acids is 2. The van der Waals surface area contributed by atoms with Crippen molar-refractivity contribution in [2.24, 2.45) is 5.73 Å². The van der Waals surface area contributed by atoms with E-state index in [9.17, 15) is 31.2 Å². The van der Waals surface area contributed by atoms with Crippen LogP contribution in [0.4, 0.5) is 13.2 Å². The van der Waals surface area contributed by atoms with Gasteiger partial charge in [-0.3, -0.25) is 9.59 Å². The minimum absolute atomic E-state index is 0.0541. The summed E-state index contributed by atoms with van der Waals surface area (Å²) in [6, 6.07) is 9.57. The van der Waals surface area contributed by atoms with Crippen molar-refractivity contribution in [3.8, 4) is 5.75 Å². The Balaban J connectivity index is 2.24. The van der Waals surface area contributed by atoms with Gasteiger partial charge < -0.3 is 9.92 Å². The van der Waals surface area contributed by atoms with Crippen LogP contribution in [-0.2, 0) is 10.1 Å². The molecule has 132 valence electrons. The Hall–Kier alpha value is -2.88. The molecule has 0 atom stereocenters. The minimum atomic E-state index is -5.79. The van der Waals surface area contributed by atoms with Crippen LogP contribution < -0.4 is 9.92 Å². The average Bonchev–Trinajstić information content (AvgIpc) is 2.53. The van der Waals surface area contributed by atoms with Gasteiger partial charge in [-0.05, 0) is 36.4 Å². The molecule has 0 aliphatic carbocycles. The van der Waals surface area contributed by atoms with Crippen molar-refractivity contribution in [1.29, 1.82) is 0 Å². The van der Waals surface area contributed by atoms with Crippen LogP contribution in [0, 0.1) is 0 Å². The van der Waals surface area contributed by atoms with Crippen LogP contribution in [0.25, 0.3) is 0 Å². The number of alkyl halides is 3. The van der Waals surface area contributed by atoms with Crippen molar-refractivity contribution >= 4 is 21.8 Å². The Morgan fingerprint density at radius 3 is 2.00 bits per heavy atom. The van der Waals surface area contributed by atoms with Gasteiger partial charge in [-0.15, -0.1) is 0 Å². The highest BCUT2D eigenvalue weighted by atomic mass is 32.2. The molecular weight excluding hydrogens is 363 g/mol. The van der Waals surface area contributed by atoms with E-state index in [2.05, 4.69) is 4.18 Å². The summed E-state index contributed by atoms with van der Waals surface area (Å²) in [5.74, 6) is -1.86. The normalized spacial score (nSPS) is 11.8. The van der Waals surface area contributed by atoms with Crippen molar-refractivity contribution < 1.29 is 35.4 Å². The zero-order chi connectivity index (χ0) is 18.8. The number of hydrogen-bond donors (Lipinski definition) is 1. The predicted octanol–water partition coefficient (Wildman–Crippen LogP) is 2.24. The summed E-state index contributed by atoms with van der Waals surface area (Å²) in [7, 11) is -5.79. The Labute approximate surface area is 140 Å². The topological polar surface area (TPSA) is 104 Å². The van der Waals surface area contributed by atoms with Gasteiger partial charge in [-0.25, -0.2) is 0 Å². The zero-order valence-corrected chi connectivity index (χ0v) is 13.1. The maximum atomic E-state index is 12.3. The number of carbonyl (C=O) groups is 2. The Bertz CT molecular complexity index is 921. The fraction of sp³-hybridized carbons (Fsp3) is 0.0667. The van der Waals surface area contributed by atoms with E-state index in [1.54, 1.807) is 0 Å². The Morgan fingerprint density at radius 1 is 0.920 bits per heavy atom. The smallest absolute Gasteiger partial charge is 0.376 e. The highest BCUT2D eigenvalue weighted by molar-refractivity contribution is 7.88. The van der Waals surface area contributed by atoms with Crippen molar-refractivity contribution in [1.82, 2.24) is 0 Å². The standard InChI is InChI=1S/C15H10F3NO5S/c16-15(17,18)25(22,23)24-12-6-4-9(5-7-12)13(20)10-2-1-3-11(8-10)14(19)21/h1-8H,(H2,19,21). The van der Waals surface area contributed by atoms with E-state index in [0.29, 0.717) is 0 Å². The molecule has 0 fully saturated rings. The molecule has 0 saturated heterocycles. The highest BCUT2D eigenvalue weighted by Gasteiger charge is 2.48.